The van der Waals surface area contributed by atoms with E-state index in [1.54, 1.807) is 24.3 Å². The van der Waals surface area contributed by atoms with E-state index in [0.717, 1.165) is 0 Å². The monoisotopic (exact) mass is 298 g/mol. The maximum absolute atomic E-state index is 11.3. The van der Waals surface area contributed by atoms with Gasteiger partial charge in [-0.25, -0.2) is 0 Å². The zero-order valence-corrected chi connectivity index (χ0v) is 12.7. The van der Waals surface area contributed by atoms with Crippen molar-refractivity contribution in [3.8, 4) is 24.7 Å². The van der Waals surface area contributed by atoms with Gasteiger partial charge in [-0.15, -0.1) is 24.7 Å². The molecule has 4 nitrogen and oxygen atoms in total. The minimum absolute atomic E-state index is 0.222. The predicted octanol–water partition coefficient (Wildman–Crippen LogP) is 2.94. The fourth-order valence-corrected chi connectivity index (χ4v) is 2.14. The zero-order chi connectivity index (χ0) is 16.5. The molecule has 1 aromatic rings. The van der Waals surface area contributed by atoms with Gasteiger partial charge in [0.05, 0.1) is 12.8 Å². The van der Waals surface area contributed by atoms with Crippen LogP contribution in [0.1, 0.15) is 50.0 Å². The number of terminal acetylenes is 2. The van der Waals surface area contributed by atoms with Gasteiger partial charge in [-0.05, 0) is 0 Å². The SMILES string of the molecule is C#CCC(OC(C)=O)c1ccccc1C(CC#C)OC(C)=O. The lowest BCUT2D eigenvalue weighted by atomic mass is 9.95. The van der Waals surface area contributed by atoms with Crippen molar-refractivity contribution in [3.63, 3.8) is 0 Å². The number of carbonyl (C=O) groups excluding carboxylic acids is 2. The van der Waals surface area contributed by atoms with Gasteiger partial charge in [-0.2, -0.15) is 0 Å². The van der Waals surface area contributed by atoms with Crippen LogP contribution in [-0.4, -0.2) is 11.9 Å². The Hall–Kier alpha value is -2.72. The third-order valence-corrected chi connectivity index (χ3v) is 2.91. The molecule has 1 rings (SSSR count). The Labute approximate surface area is 130 Å². The van der Waals surface area contributed by atoms with Gasteiger partial charge >= 0.3 is 11.9 Å². The molecule has 0 aliphatic carbocycles. The molecule has 0 amide bonds. The highest BCUT2D eigenvalue weighted by atomic mass is 16.5. The molecule has 0 N–H and O–H groups in total. The van der Waals surface area contributed by atoms with Gasteiger partial charge in [0.1, 0.15) is 12.2 Å². The van der Waals surface area contributed by atoms with Crippen LogP contribution in [0.15, 0.2) is 24.3 Å². The molecule has 0 saturated heterocycles. The van der Waals surface area contributed by atoms with E-state index in [1.807, 2.05) is 0 Å². The Morgan fingerprint density at radius 3 is 1.59 bits per heavy atom. The molecule has 0 radical (unpaired) electrons. The molecule has 2 atom stereocenters. The summed E-state index contributed by atoms with van der Waals surface area (Å²) >= 11 is 0. The van der Waals surface area contributed by atoms with Crippen molar-refractivity contribution >= 4 is 11.9 Å². The first-order valence-corrected chi connectivity index (χ1v) is 6.79. The second-order valence-corrected chi connectivity index (χ2v) is 4.64. The summed E-state index contributed by atoms with van der Waals surface area (Å²) in [5, 5.41) is 0. The van der Waals surface area contributed by atoms with Crippen molar-refractivity contribution in [3.05, 3.63) is 35.4 Å². The minimum atomic E-state index is -0.602. The predicted molar refractivity (Wildman–Crippen MR) is 82.4 cm³/mol. The molecule has 1 aromatic carbocycles. The molecule has 0 bridgehead atoms. The summed E-state index contributed by atoms with van der Waals surface area (Å²) in [6.45, 7) is 2.63. The van der Waals surface area contributed by atoms with E-state index in [1.165, 1.54) is 13.8 Å². The van der Waals surface area contributed by atoms with Crippen LogP contribution < -0.4 is 0 Å². The van der Waals surface area contributed by atoms with Gasteiger partial charge < -0.3 is 9.47 Å². The normalized spacial score (nSPS) is 12.4. The Bertz CT molecular complexity index is 564. The summed E-state index contributed by atoms with van der Waals surface area (Å²) in [5.41, 5.74) is 1.38. The summed E-state index contributed by atoms with van der Waals surface area (Å²) in [4.78, 5) is 22.6. The maximum atomic E-state index is 11.3. The second-order valence-electron chi connectivity index (χ2n) is 4.64. The molecule has 0 saturated carbocycles. The molecule has 0 fully saturated rings. The lowest BCUT2D eigenvalue weighted by Gasteiger charge is -2.23. The Morgan fingerprint density at radius 1 is 0.955 bits per heavy atom. The molecule has 0 aromatic heterocycles. The average molecular weight is 298 g/mol. The number of ether oxygens (including phenoxy) is 2. The van der Waals surface area contributed by atoms with Crippen LogP contribution in [0.4, 0.5) is 0 Å². The van der Waals surface area contributed by atoms with E-state index < -0.39 is 24.1 Å². The number of benzene rings is 1. The summed E-state index contributed by atoms with van der Waals surface area (Å²) in [6.07, 6.45) is 9.94. The van der Waals surface area contributed by atoms with E-state index in [0.29, 0.717) is 11.1 Å². The van der Waals surface area contributed by atoms with Crippen molar-refractivity contribution in [2.24, 2.45) is 0 Å². The fourth-order valence-electron chi connectivity index (χ4n) is 2.14. The van der Waals surface area contributed by atoms with Crippen LogP contribution in [0.2, 0.25) is 0 Å². The van der Waals surface area contributed by atoms with Crippen LogP contribution in [-0.2, 0) is 19.1 Å². The van der Waals surface area contributed by atoms with Gasteiger partial charge in [-0.1, -0.05) is 24.3 Å². The highest BCUT2D eigenvalue weighted by molar-refractivity contribution is 5.67. The minimum Gasteiger partial charge on any atom is -0.457 e. The third-order valence-electron chi connectivity index (χ3n) is 2.91. The molecular formula is C18H18O4. The van der Waals surface area contributed by atoms with Crippen molar-refractivity contribution < 1.29 is 19.1 Å². The first kappa shape index (κ1) is 17.3. The quantitative estimate of drug-likeness (QED) is 0.598. The Morgan fingerprint density at radius 2 is 1.32 bits per heavy atom. The number of hydrogen-bond acceptors (Lipinski definition) is 4. The standard InChI is InChI=1S/C18H18O4/c1-5-9-17(21-13(3)19)15-11-7-8-12-16(15)18(10-6-2)22-14(4)20/h1-2,7-8,11-12,17-18H,9-10H2,3-4H3. The van der Waals surface area contributed by atoms with Crippen molar-refractivity contribution in [1.82, 2.24) is 0 Å². The number of rotatable bonds is 6. The average Bonchev–Trinajstić information content (AvgIpc) is 2.45. The molecule has 0 heterocycles. The van der Waals surface area contributed by atoms with Crippen LogP contribution in [0.3, 0.4) is 0 Å². The Kier molecular flexibility index (Phi) is 6.73. The van der Waals surface area contributed by atoms with Gasteiger partial charge in [-0.3, -0.25) is 9.59 Å². The Balaban J connectivity index is 3.24. The maximum Gasteiger partial charge on any atom is 0.303 e. The van der Waals surface area contributed by atoms with E-state index in [9.17, 15) is 9.59 Å². The smallest absolute Gasteiger partial charge is 0.303 e. The molecule has 22 heavy (non-hydrogen) atoms. The van der Waals surface area contributed by atoms with Crippen molar-refractivity contribution in [2.45, 2.75) is 38.9 Å². The number of carbonyl (C=O) groups is 2. The highest BCUT2D eigenvalue weighted by Gasteiger charge is 2.23. The van der Waals surface area contributed by atoms with E-state index >= 15 is 0 Å². The van der Waals surface area contributed by atoms with Crippen LogP contribution >= 0.6 is 0 Å². The topological polar surface area (TPSA) is 52.6 Å². The number of hydrogen-bond donors (Lipinski definition) is 0. The first-order valence-electron chi connectivity index (χ1n) is 6.79. The zero-order valence-electron chi connectivity index (χ0n) is 12.7. The second kappa shape index (κ2) is 8.54. The molecule has 114 valence electrons. The van der Waals surface area contributed by atoms with Crippen molar-refractivity contribution in [2.75, 3.05) is 0 Å². The molecule has 2 unspecified atom stereocenters. The first-order chi connectivity index (χ1) is 10.5. The number of esters is 2. The lowest BCUT2D eigenvalue weighted by Crippen LogP contribution is -2.15. The summed E-state index contributed by atoms with van der Waals surface area (Å²) in [7, 11) is 0. The third kappa shape index (κ3) is 5.00. The molecule has 0 aliphatic heterocycles. The molecular weight excluding hydrogens is 280 g/mol. The van der Waals surface area contributed by atoms with Crippen LogP contribution in [0, 0.1) is 24.7 Å². The molecule has 4 heteroatoms. The van der Waals surface area contributed by atoms with Crippen LogP contribution in [0.25, 0.3) is 0 Å². The summed E-state index contributed by atoms with van der Waals surface area (Å²) < 4.78 is 10.6. The largest absolute Gasteiger partial charge is 0.457 e. The molecule has 0 spiro atoms. The summed E-state index contributed by atoms with van der Waals surface area (Å²) in [5.74, 6) is 4.10. The van der Waals surface area contributed by atoms with Crippen LogP contribution in [0.5, 0.6) is 0 Å². The van der Waals surface area contributed by atoms with Gasteiger partial charge in [0.15, 0.2) is 0 Å². The van der Waals surface area contributed by atoms with E-state index in [2.05, 4.69) is 11.8 Å². The highest BCUT2D eigenvalue weighted by Crippen LogP contribution is 2.32. The van der Waals surface area contributed by atoms with Gasteiger partial charge in [0, 0.05) is 25.0 Å². The summed E-state index contributed by atoms with van der Waals surface area (Å²) in [6, 6.07) is 7.17. The van der Waals surface area contributed by atoms with Gasteiger partial charge in [0.25, 0.3) is 0 Å². The fraction of sp³-hybridized carbons (Fsp3) is 0.333. The van der Waals surface area contributed by atoms with E-state index in [4.69, 9.17) is 22.3 Å². The van der Waals surface area contributed by atoms with E-state index in [-0.39, 0.29) is 12.8 Å². The lowest BCUT2D eigenvalue weighted by molar-refractivity contribution is -0.148. The molecule has 0 aliphatic rings. The van der Waals surface area contributed by atoms with Gasteiger partial charge in [0.2, 0.25) is 0 Å². The van der Waals surface area contributed by atoms with Crippen molar-refractivity contribution in [1.29, 1.82) is 0 Å².